The molecule has 1 aromatic carbocycles. The first-order valence-corrected chi connectivity index (χ1v) is 7.84. The second-order valence-corrected chi connectivity index (χ2v) is 6.00. The third-order valence-electron chi connectivity index (χ3n) is 4.23. The van der Waals surface area contributed by atoms with E-state index in [0.717, 1.165) is 31.4 Å². The Kier molecular flexibility index (Phi) is 5.76. The van der Waals surface area contributed by atoms with Crippen LogP contribution in [0.2, 0.25) is 0 Å². The standard InChI is InChI=1S/C17H26N2O2/c1-14-6-8-15(9-7-14)19-16(20)12-21-17(13-18)10-4-2-3-5-11-17/h6-9H,2-5,10-13,18H2,1H3,(H,19,20). The van der Waals surface area contributed by atoms with Crippen molar-refractivity contribution < 1.29 is 9.53 Å². The van der Waals surface area contributed by atoms with Crippen LogP contribution in [0.5, 0.6) is 0 Å². The van der Waals surface area contributed by atoms with E-state index in [9.17, 15) is 4.79 Å². The lowest BCUT2D eigenvalue weighted by atomic mass is 9.94. The fourth-order valence-corrected chi connectivity index (χ4v) is 2.83. The Bertz CT molecular complexity index is 448. The summed E-state index contributed by atoms with van der Waals surface area (Å²) in [7, 11) is 0. The average molecular weight is 290 g/mol. The highest BCUT2D eigenvalue weighted by atomic mass is 16.5. The van der Waals surface area contributed by atoms with Gasteiger partial charge in [-0.05, 0) is 31.9 Å². The first-order valence-electron chi connectivity index (χ1n) is 7.84. The summed E-state index contributed by atoms with van der Waals surface area (Å²) in [4.78, 5) is 12.0. The van der Waals surface area contributed by atoms with Gasteiger partial charge in [-0.3, -0.25) is 4.79 Å². The molecule has 1 amide bonds. The summed E-state index contributed by atoms with van der Waals surface area (Å²) in [6.45, 7) is 2.58. The zero-order valence-electron chi connectivity index (χ0n) is 12.9. The van der Waals surface area contributed by atoms with Gasteiger partial charge in [0.2, 0.25) is 5.91 Å². The lowest BCUT2D eigenvalue weighted by molar-refractivity contribution is -0.128. The van der Waals surface area contributed by atoms with Crippen molar-refractivity contribution in [3.63, 3.8) is 0 Å². The number of hydrogen-bond acceptors (Lipinski definition) is 3. The molecule has 4 nitrogen and oxygen atoms in total. The van der Waals surface area contributed by atoms with Crippen LogP contribution in [0.3, 0.4) is 0 Å². The molecule has 0 spiro atoms. The number of carbonyl (C=O) groups excluding carboxylic acids is 1. The maximum absolute atomic E-state index is 12.0. The minimum Gasteiger partial charge on any atom is -0.364 e. The summed E-state index contributed by atoms with van der Waals surface area (Å²) < 4.78 is 5.92. The molecule has 2 rings (SSSR count). The molecule has 21 heavy (non-hydrogen) atoms. The van der Waals surface area contributed by atoms with Crippen LogP contribution < -0.4 is 11.1 Å². The lowest BCUT2D eigenvalue weighted by Crippen LogP contribution is -2.42. The second kappa shape index (κ2) is 7.57. The molecule has 1 aromatic rings. The van der Waals surface area contributed by atoms with Gasteiger partial charge >= 0.3 is 0 Å². The summed E-state index contributed by atoms with van der Waals surface area (Å²) in [6.07, 6.45) is 6.66. The summed E-state index contributed by atoms with van der Waals surface area (Å²) >= 11 is 0. The van der Waals surface area contributed by atoms with Crippen LogP contribution in [-0.4, -0.2) is 24.7 Å². The van der Waals surface area contributed by atoms with E-state index in [1.165, 1.54) is 18.4 Å². The molecule has 3 N–H and O–H groups in total. The quantitative estimate of drug-likeness (QED) is 0.819. The van der Waals surface area contributed by atoms with E-state index in [4.69, 9.17) is 10.5 Å². The second-order valence-electron chi connectivity index (χ2n) is 6.00. The van der Waals surface area contributed by atoms with Crippen LogP contribution in [0, 0.1) is 6.92 Å². The van der Waals surface area contributed by atoms with E-state index in [2.05, 4.69) is 5.32 Å². The van der Waals surface area contributed by atoms with E-state index in [1.807, 2.05) is 31.2 Å². The minimum atomic E-state index is -0.304. The van der Waals surface area contributed by atoms with Crippen molar-refractivity contribution in [3.8, 4) is 0 Å². The zero-order chi connectivity index (χ0) is 15.1. The average Bonchev–Trinajstić information content (AvgIpc) is 2.74. The van der Waals surface area contributed by atoms with Crippen LogP contribution in [0.15, 0.2) is 24.3 Å². The Morgan fingerprint density at radius 2 is 1.81 bits per heavy atom. The third kappa shape index (κ3) is 4.83. The minimum absolute atomic E-state index is 0.0745. The van der Waals surface area contributed by atoms with Crippen molar-refractivity contribution in [2.75, 3.05) is 18.5 Å². The van der Waals surface area contributed by atoms with Gasteiger partial charge in [0.05, 0.1) is 5.60 Å². The highest BCUT2D eigenvalue weighted by molar-refractivity contribution is 5.91. The molecule has 1 aliphatic rings. The van der Waals surface area contributed by atoms with E-state index < -0.39 is 0 Å². The van der Waals surface area contributed by atoms with Gasteiger partial charge in [-0.15, -0.1) is 0 Å². The SMILES string of the molecule is Cc1ccc(NC(=O)COC2(CN)CCCCCC2)cc1. The van der Waals surface area contributed by atoms with Gasteiger partial charge in [0.25, 0.3) is 0 Å². The monoisotopic (exact) mass is 290 g/mol. The maximum Gasteiger partial charge on any atom is 0.250 e. The number of benzene rings is 1. The maximum atomic E-state index is 12.0. The molecular weight excluding hydrogens is 264 g/mol. The number of rotatable bonds is 5. The Morgan fingerprint density at radius 1 is 1.19 bits per heavy atom. The fraction of sp³-hybridized carbons (Fsp3) is 0.588. The zero-order valence-corrected chi connectivity index (χ0v) is 12.9. The number of aryl methyl sites for hydroxylation is 1. The molecule has 0 heterocycles. The van der Waals surface area contributed by atoms with Crippen molar-refractivity contribution in [2.24, 2.45) is 5.73 Å². The number of nitrogens with one attached hydrogen (secondary N) is 1. The molecule has 0 bridgehead atoms. The Labute approximate surface area is 127 Å². The van der Waals surface area contributed by atoms with Gasteiger partial charge in [0.1, 0.15) is 6.61 Å². The van der Waals surface area contributed by atoms with Crippen LogP contribution in [0.1, 0.15) is 44.1 Å². The number of nitrogens with two attached hydrogens (primary N) is 1. The predicted octanol–water partition coefficient (Wildman–Crippen LogP) is 3.00. The largest absolute Gasteiger partial charge is 0.364 e. The van der Waals surface area contributed by atoms with Crippen molar-refractivity contribution >= 4 is 11.6 Å². The molecule has 4 heteroatoms. The Morgan fingerprint density at radius 3 is 2.38 bits per heavy atom. The molecule has 0 aliphatic heterocycles. The highest BCUT2D eigenvalue weighted by Gasteiger charge is 2.31. The Balaban J connectivity index is 1.85. The molecule has 0 unspecified atom stereocenters. The van der Waals surface area contributed by atoms with Crippen LogP contribution in [0.25, 0.3) is 0 Å². The summed E-state index contributed by atoms with van der Waals surface area (Å²) in [5.41, 5.74) is 7.58. The molecule has 0 atom stereocenters. The molecule has 116 valence electrons. The van der Waals surface area contributed by atoms with Crippen molar-refractivity contribution in [1.82, 2.24) is 0 Å². The molecule has 1 saturated carbocycles. The van der Waals surface area contributed by atoms with E-state index >= 15 is 0 Å². The number of ether oxygens (including phenoxy) is 1. The van der Waals surface area contributed by atoms with E-state index in [1.54, 1.807) is 0 Å². The van der Waals surface area contributed by atoms with Crippen LogP contribution >= 0.6 is 0 Å². The molecule has 1 aliphatic carbocycles. The van der Waals surface area contributed by atoms with Gasteiger partial charge in [0.15, 0.2) is 0 Å². The topological polar surface area (TPSA) is 64.3 Å². The van der Waals surface area contributed by atoms with Gasteiger partial charge in [-0.1, -0.05) is 43.4 Å². The van der Waals surface area contributed by atoms with Gasteiger partial charge < -0.3 is 15.8 Å². The smallest absolute Gasteiger partial charge is 0.250 e. The molecular formula is C17H26N2O2. The number of amides is 1. The lowest BCUT2D eigenvalue weighted by Gasteiger charge is -2.31. The first-order chi connectivity index (χ1) is 10.1. The third-order valence-corrected chi connectivity index (χ3v) is 4.23. The first kappa shape index (κ1) is 16.0. The van der Waals surface area contributed by atoms with E-state index in [-0.39, 0.29) is 18.1 Å². The van der Waals surface area contributed by atoms with Crippen LogP contribution in [0.4, 0.5) is 5.69 Å². The summed E-state index contributed by atoms with van der Waals surface area (Å²) in [5.74, 6) is -0.115. The van der Waals surface area contributed by atoms with Crippen molar-refractivity contribution in [2.45, 2.75) is 51.0 Å². The van der Waals surface area contributed by atoms with Gasteiger partial charge in [-0.2, -0.15) is 0 Å². The molecule has 1 fully saturated rings. The van der Waals surface area contributed by atoms with Crippen molar-refractivity contribution in [1.29, 1.82) is 0 Å². The molecule has 0 saturated heterocycles. The fourth-order valence-electron chi connectivity index (χ4n) is 2.83. The predicted molar refractivity (Wildman–Crippen MR) is 85.2 cm³/mol. The normalized spacial score (nSPS) is 18.0. The van der Waals surface area contributed by atoms with Crippen molar-refractivity contribution in [3.05, 3.63) is 29.8 Å². The van der Waals surface area contributed by atoms with Gasteiger partial charge in [0, 0.05) is 12.2 Å². The van der Waals surface area contributed by atoms with Crippen LogP contribution in [-0.2, 0) is 9.53 Å². The van der Waals surface area contributed by atoms with Gasteiger partial charge in [-0.25, -0.2) is 0 Å². The number of hydrogen-bond donors (Lipinski definition) is 2. The summed E-state index contributed by atoms with van der Waals surface area (Å²) in [6, 6.07) is 7.75. The number of anilines is 1. The highest BCUT2D eigenvalue weighted by Crippen LogP contribution is 2.29. The molecule has 0 aromatic heterocycles. The summed E-state index contributed by atoms with van der Waals surface area (Å²) in [5, 5.41) is 2.86. The Hall–Kier alpha value is -1.39. The van der Waals surface area contributed by atoms with E-state index in [0.29, 0.717) is 6.54 Å². The molecule has 0 radical (unpaired) electrons. The number of carbonyl (C=O) groups is 1.